The zero-order valence-electron chi connectivity index (χ0n) is 10.1. The number of alkyl halides is 1. The molecule has 0 aromatic heterocycles. The molecule has 0 bridgehead atoms. The van der Waals surface area contributed by atoms with E-state index in [2.05, 4.69) is 13.7 Å². The van der Waals surface area contributed by atoms with Crippen molar-refractivity contribution in [1.29, 1.82) is 0 Å². The summed E-state index contributed by atoms with van der Waals surface area (Å²) in [5, 5.41) is 0. The number of nitrogens with two attached hydrogens (primary N) is 1. The van der Waals surface area contributed by atoms with Gasteiger partial charge in [-0.2, -0.15) is 0 Å². The number of carbonyl (C=O) groups is 1. The van der Waals surface area contributed by atoms with Crippen LogP contribution in [0.2, 0.25) is 0 Å². The Hall–Kier alpha value is -0.800. The number of aryl methyl sites for hydroxylation is 1. The van der Waals surface area contributed by atoms with Gasteiger partial charge >= 0.3 is 123 Å². The van der Waals surface area contributed by atoms with Crippen LogP contribution in [-0.4, -0.2) is 38.0 Å². The first-order valence-corrected chi connectivity index (χ1v) is 10.0. The molecule has 0 saturated carbocycles. The summed E-state index contributed by atoms with van der Waals surface area (Å²) in [6, 6.07) is 5.60. The number of halogens is 1. The fourth-order valence-corrected chi connectivity index (χ4v) is 5.53. The second-order valence-corrected chi connectivity index (χ2v) is 7.50. The third kappa shape index (κ3) is 2.96. The molecule has 1 aliphatic heterocycles. The summed E-state index contributed by atoms with van der Waals surface area (Å²) >= 11 is 5.12. The van der Waals surface area contributed by atoms with Crippen molar-refractivity contribution in [3.05, 3.63) is 50.4 Å². The summed E-state index contributed by atoms with van der Waals surface area (Å²) in [4.78, 5) is 11.1. The molecule has 0 radical (unpaired) electrons. The van der Waals surface area contributed by atoms with E-state index in [4.69, 9.17) is 17.3 Å². The molecule has 4 heteroatoms. The molecule has 2 N–H and O–H groups in total. The van der Waals surface area contributed by atoms with Gasteiger partial charge in [0, 0.05) is 0 Å². The maximum atomic E-state index is 11.1. The summed E-state index contributed by atoms with van der Waals surface area (Å²) in [7, 11) is 0. The van der Waals surface area contributed by atoms with Crippen LogP contribution in [0.3, 0.4) is 0 Å². The number of benzene rings is 1. The fraction of sp³-hybridized carbons (Fsp3) is 0.143. The molecule has 1 aromatic rings. The second-order valence-electron chi connectivity index (χ2n) is 4.23. The second kappa shape index (κ2) is 5.89. The van der Waals surface area contributed by atoms with Gasteiger partial charge in [-0.1, -0.05) is 0 Å². The van der Waals surface area contributed by atoms with Crippen LogP contribution < -0.4 is 5.73 Å². The Morgan fingerprint density at radius 2 is 2.22 bits per heavy atom. The Bertz CT molecular complexity index is 587. The van der Waals surface area contributed by atoms with Gasteiger partial charge in [-0.25, -0.2) is 0 Å². The third-order valence-corrected chi connectivity index (χ3v) is 6.56. The van der Waals surface area contributed by atoms with Crippen molar-refractivity contribution in [2.45, 2.75) is 6.92 Å². The van der Waals surface area contributed by atoms with Crippen molar-refractivity contribution in [3.8, 4) is 0 Å². The molecule has 1 heterocycles. The topological polar surface area (TPSA) is 43.1 Å². The molecule has 1 aromatic carbocycles. The van der Waals surface area contributed by atoms with Gasteiger partial charge in [-0.05, 0) is 0 Å². The van der Waals surface area contributed by atoms with Crippen LogP contribution in [0.15, 0.2) is 33.7 Å². The molecular formula is C14H13ClInNO. The first kappa shape index (κ1) is 13.6. The number of amides is 1. The molecule has 90 valence electrons. The van der Waals surface area contributed by atoms with Gasteiger partial charge in [0.05, 0.1) is 0 Å². The van der Waals surface area contributed by atoms with E-state index >= 15 is 0 Å². The first-order valence-electron chi connectivity index (χ1n) is 5.67. The third-order valence-electron chi connectivity index (χ3n) is 2.90. The normalized spacial score (nSPS) is 13.7. The van der Waals surface area contributed by atoms with Gasteiger partial charge in [0.15, 0.2) is 0 Å². The summed E-state index contributed by atoms with van der Waals surface area (Å²) in [5.74, 6) is 0.187. The average Bonchev–Trinajstić information content (AvgIpc) is 2.38. The van der Waals surface area contributed by atoms with Crippen LogP contribution in [0.4, 0.5) is 0 Å². The van der Waals surface area contributed by atoms with Crippen LogP contribution in [0.25, 0.3) is 5.57 Å². The number of allylic oxidation sites excluding steroid dienone is 3. The Morgan fingerprint density at radius 3 is 2.83 bits per heavy atom. The molecule has 0 fully saturated rings. The van der Waals surface area contributed by atoms with Crippen LogP contribution in [0.5, 0.6) is 0 Å². The summed E-state index contributed by atoms with van der Waals surface area (Å²) in [6.45, 7) is 2.00. The molecule has 1 aliphatic rings. The van der Waals surface area contributed by atoms with Crippen molar-refractivity contribution >= 4 is 49.3 Å². The molecule has 18 heavy (non-hydrogen) atoms. The van der Waals surface area contributed by atoms with E-state index in [0.29, 0.717) is 11.4 Å². The monoisotopic (exact) mass is 361 g/mol. The van der Waals surface area contributed by atoms with Crippen molar-refractivity contribution < 1.29 is 4.79 Å². The zero-order chi connectivity index (χ0) is 13.1. The van der Waals surface area contributed by atoms with E-state index in [1.54, 1.807) is 6.07 Å². The molecule has 0 atom stereocenters. The molecular weight excluding hydrogens is 348 g/mol. The number of carbonyl (C=O) groups excluding carboxylic acids is 1. The Kier molecular flexibility index (Phi) is 4.46. The van der Waals surface area contributed by atoms with Gasteiger partial charge in [-0.15, -0.1) is 0 Å². The van der Waals surface area contributed by atoms with Crippen LogP contribution in [0.1, 0.15) is 21.5 Å². The van der Waals surface area contributed by atoms with E-state index in [0.717, 1.165) is 5.56 Å². The molecule has 1 amide bonds. The maximum absolute atomic E-state index is 11.1. The van der Waals surface area contributed by atoms with E-state index in [1.807, 2.05) is 19.1 Å². The summed E-state index contributed by atoms with van der Waals surface area (Å²) in [5.41, 5.74) is 10.5. The first-order chi connectivity index (χ1) is 8.61. The SMILES string of the molecule is Cc1cc(C(N)=O)ccc1C1=CC(CCl)=[CH][In]=[CH]1. The number of primary amides is 1. The van der Waals surface area contributed by atoms with Crippen molar-refractivity contribution in [2.75, 3.05) is 5.88 Å². The quantitative estimate of drug-likeness (QED) is 0.824. The molecule has 0 aliphatic carbocycles. The molecule has 0 saturated heterocycles. The zero-order valence-corrected chi connectivity index (χ0v) is 14.2. The Balaban J connectivity index is 2.41. The summed E-state index contributed by atoms with van der Waals surface area (Å²) in [6.07, 6.45) is 2.13. The van der Waals surface area contributed by atoms with Crippen LogP contribution in [0, 0.1) is 6.92 Å². The molecule has 0 spiro atoms. The minimum absolute atomic E-state index is 0.384. The van der Waals surface area contributed by atoms with Crippen LogP contribution in [-0.2, 0) is 0 Å². The molecule has 2 nitrogen and oxygen atoms in total. The number of rotatable bonds is 3. The standard InChI is InChI=1S/C14H13ClNO.In/c1-9(8-15)6-10(2)13-5-4-12(14(16)17)7-11(13)3;/h1-2,4-7H,8H2,3H3,(H2,16,17);. The molecule has 2 rings (SSSR count). The van der Waals surface area contributed by atoms with Gasteiger partial charge in [-0.3, -0.25) is 0 Å². The fourth-order valence-electron chi connectivity index (χ4n) is 1.96. The van der Waals surface area contributed by atoms with Gasteiger partial charge in [0.1, 0.15) is 0 Å². The summed E-state index contributed by atoms with van der Waals surface area (Å²) < 4.78 is 4.65. The van der Waals surface area contributed by atoms with E-state index in [-0.39, 0.29) is 5.91 Å². The predicted molar refractivity (Wildman–Crippen MR) is 78.3 cm³/mol. The van der Waals surface area contributed by atoms with Crippen molar-refractivity contribution in [3.63, 3.8) is 0 Å². The van der Waals surface area contributed by atoms with Gasteiger partial charge in [0.2, 0.25) is 0 Å². The number of hydrogen-bond donors (Lipinski definition) is 1. The van der Waals surface area contributed by atoms with E-state index in [9.17, 15) is 4.79 Å². The van der Waals surface area contributed by atoms with Gasteiger partial charge in [0.25, 0.3) is 0 Å². The Labute approximate surface area is 122 Å². The molecule has 0 unspecified atom stereocenters. The average molecular weight is 362 g/mol. The predicted octanol–water partition coefficient (Wildman–Crippen LogP) is 2.12. The minimum atomic E-state index is -0.758. The van der Waals surface area contributed by atoms with Crippen molar-refractivity contribution in [1.82, 2.24) is 0 Å². The number of hydrogen-bond acceptors (Lipinski definition) is 1. The van der Waals surface area contributed by atoms with Crippen LogP contribution >= 0.6 is 11.6 Å². The van der Waals surface area contributed by atoms with E-state index < -0.39 is 22.4 Å². The van der Waals surface area contributed by atoms with Gasteiger partial charge < -0.3 is 0 Å². The Morgan fingerprint density at radius 1 is 1.44 bits per heavy atom. The van der Waals surface area contributed by atoms with Crippen molar-refractivity contribution in [2.24, 2.45) is 5.73 Å². The van der Waals surface area contributed by atoms with E-state index in [1.165, 1.54) is 16.7 Å².